The number of anilines is 4. The van der Waals surface area contributed by atoms with Crippen LogP contribution >= 0.6 is 0 Å². The number of ether oxygens (including phenoxy) is 3. The van der Waals surface area contributed by atoms with Crippen molar-refractivity contribution in [1.82, 2.24) is 20.3 Å². The molecule has 39 heavy (non-hydrogen) atoms. The summed E-state index contributed by atoms with van der Waals surface area (Å²) >= 11 is 0. The van der Waals surface area contributed by atoms with E-state index in [1.807, 2.05) is 24.3 Å². The van der Waals surface area contributed by atoms with Gasteiger partial charge in [-0.3, -0.25) is 4.79 Å². The summed E-state index contributed by atoms with van der Waals surface area (Å²) < 4.78 is 16.2. The highest BCUT2D eigenvalue weighted by atomic mass is 16.5. The van der Waals surface area contributed by atoms with E-state index in [0.29, 0.717) is 83.0 Å². The number of nitrogens with one attached hydrogen (secondary N) is 3. The van der Waals surface area contributed by atoms with E-state index in [2.05, 4.69) is 25.8 Å². The molecule has 0 unspecified atom stereocenters. The summed E-state index contributed by atoms with van der Waals surface area (Å²) in [5.74, 6) is 1.68. The summed E-state index contributed by atoms with van der Waals surface area (Å²) in [7, 11) is 0. The first kappa shape index (κ1) is 28.9. The largest absolute Gasteiger partial charge is 0.378 e. The van der Waals surface area contributed by atoms with Crippen LogP contribution in [0.3, 0.4) is 0 Å². The summed E-state index contributed by atoms with van der Waals surface area (Å²) in [4.78, 5) is 28.5. The molecule has 1 amide bonds. The summed E-state index contributed by atoms with van der Waals surface area (Å²) in [5.41, 5.74) is 7.12. The topological polar surface area (TPSA) is 149 Å². The lowest BCUT2D eigenvalue weighted by Crippen LogP contribution is -2.37. The molecular weight excluding hydrogens is 500 g/mol. The zero-order valence-electron chi connectivity index (χ0n) is 22.7. The minimum atomic E-state index is -0.0512. The monoisotopic (exact) mass is 542 g/mol. The third kappa shape index (κ3) is 10.2. The Kier molecular flexibility index (Phi) is 12.0. The second-order valence-corrected chi connectivity index (χ2v) is 9.72. The number of carbonyl (C=O) groups excluding carboxylic acids is 1. The van der Waals surface area contributed by atoms with Gasteiger partial charge in [0.1, 0.15) is 0 Å². The summed E-state index contributed by atoms with van der Waals surface area (Å²) in [5, 5.41) is 9.72. The van der Waals surface area contributed by atoms with Crippen LogP contribution in [0.2, 0.25) is 0 Å². The molecule has 1 aliphatic carbocycles. The van der Waals surface area contributed by atoms with Crippen LogP contribution in [0.4, 0.5) is 23.5 Å². The van der Waals surface area contributed by atoms with Crippen molar-refractivity contribution in [1.29, 1.82) is 0 Å². The normalized spacial score (nSPS) is 16.2. The molecule has 0 bridgehead atoms. The maximum atomic E-state index is 12.3. The van der Waals surface area contributed by atoms with Crippen molar-refractivity contribution in [2.75, 3.05) is 81.4 Å². The number of hydrogen-bond acceptors (Lipinski definition) is 11. The first-order valence-electron chi connectivity index (χ1n) is 14.0. The van der Waals surface area contributed by atoms with Crippen LogP contribution in [0, 0.1) is 0 Å². The molecule has 4 rings (SSSR count). The Labute approximate surface area is 230 Å². The highest BCUT2D eigenvalue weighted by molar-refractivity contribution is 5.78. The van der Waals surface area contributed by atoms with Gasteiger partial charge in [-0.1, -0.05) is 31.4 Å². The maximum absolute atomic E-state index is 12.3. The second kappa shape index (κ2) is 16.1. The van der Waals surface area contributed by atoms with Crippen LogP contribution in [-0.4, -0.2) is 92.7 Å². The Morgan fingerprint density at radius 2 is 1.67 bits per heavy atom. The van der Waals surface area contributed by atoms with Crippen molar-refractivity contribution in [3.05, 3.63) is 29.8 Å². The van der Waals surface area contributed by atoms with Gasteiger partial charge in [0.15, 0.2) is 0 Å². The first-order valence-corrected chi connectivity index (χ1v) is 14.0. The fraction of sp³-hybridized carbons (Fsp3) is 0.630. The van der Waals surface area contributed by atoms with Crippen LogP contribution in [0.1, 0.15) is 37.7 Å². The number of hydrogen-bond donors (Lipinski definition) is 4. The van der Waals surface area contributed by atoms with E-state index in [4.69, 9.17) is 29.9 Å². The molecule has 2 aromatic rings. The van der Waals surface area contributed by atoms with E-state index in [1.165, 1.54) is 19.3 Å². The number of nitrogens with two attached hydrogens (primary N) is 1. The molecule has 2 aliphatic rings. The number of nitrogens with zero attached hydrogens (tertiary/aromatic N) is 4. The highest BCUT2D eigenvalue weighted by Gasteiger charge is 2.19. The predicted molar refractivity (Wildman–Crippen MR) is 150 cm³/mol. The number of benzene rings is 1. The van der Waals surface area contributed by atoms with E-state index in [1.54, 1.807) is 0 Å². The number of morpholine rings is 1. The molecule has 1 aromatic carbocycles. The maximum Gasteiger partial charge on any atom is 0.233 e. The van der Waals surface area contributed by atoms with Crippen molar-refractivity contribution in [3.8, 4) is 0 Å². The smallest absolute Gasteiger partial charge is 0.233 e. The molecule has 12 heteroatoms. The lowest BCUT2D eigenvalue weighted by atomic mass is 9.96. The number of amides is 1. The lowest BCUT2D eigenvalue weighted by Gasteiger charge is -2.28. The molecule has 2 heterocycles. The van der Waals surface area contributed by atoms with E-state index in [0.717, 1.165) is 37.2 Å². The van der Waals surface area contributed by atoms with E-state index in [-0.39, 0.29) is 5.91 Å². The Morgan fingerprint density at radius 1 is 0.949 bits per heavy atom. The van der Waals surface area contributed by atoms with Crippen LogP contribution in [0.25, 0.3) is 0 Å². The van der Waals surface area contributed by atoms with Gasteiger partial charge in [-0.2, -0.15) is 15.0 Å². The fourth-order valence-electron chi connectivity index (χ4n) is 4.57. The molecule has 12 nitrogen and oxygen atoms in total. The summed E-state index contributed by atoms with van der Waals surface area (Å²) in [6.07, 6.45) is 6.31. The highest BCUT2D eigenvalue weighted by Crippen LogP contribution is 2.23. The third-order valence-electron chi connectivity index (χ3n) is 6.63. The average Bonchev–Trinajstić information content (AvgIpc) is 2.96. The van der Waals surface area contributed by atoms with Gasteiger partial charge >= 0.3 is 0 Å². The van der Waals surface area contributed by atoms with Crippen LogP contribution in [-0.2, 0) is 25.4 Å². The van der Waals surface area contributed by atoms with Crippen molar-refractivity contribution < 1.29 is 19.0 Å². The van der Waals surface area contributed by atoms with Gasteiger partial charge in [0.2, 0.25) is 23.8 Å². The zero-order chi connectivity index (χ0) is 27.1. The molecule has 0 radical (unpaired) electrons. The Hall–Kier alpha value is -3.06. The molecule has 1 saturated heterocycles. The minimum Gasteiger partial charge on any atom is -0.378 e. The van der Waals surface area contributed by atoms with Gasteiger partial charge in [0, 0.05) is 37.9 Å². The molecule has 1 saturated carbocycles. The van der Waals surface area contributed by atoms with Gasteiger partial charge in [-0.15, -0.1) is 0 Å². The van der Waals surface area contributed by atoms with E-state index >= 15 is 0 Å². The standard InChI is InChI=1S/C27H42N8O4/c28-10-14-37-18-19-38-15-11-29-24(36)20-21-6-8-23(9-7-21)31-26-32-25(30-22-4-2-1-3-5-22)33-27(34-26)35-12-16-39-17-13-35/h6-9,22H,1-5,10-20,28H2,(H,29,36)(H2,30,31,32,33,34). The van der Waals surface area contributed by atoms with Gasteiger partial charge < -0.3 is 40.8 Å². The quantitative estimate of drug-likeness (QED) is 0.244. The predicted octanol–water partition coefficient (Wildman–Crippen LogP) is 1.85. The van der Waals surface area contributed by atoms with Crippen LogP contribution < -0.4 is 26.6 Å². The number of carbonyl (C=O) groups is 1. The molecule has 0 atom stereocenters. The number of aromatic nitrogens is 3. The third-order valence-corrected chi connectivity index (χ3v) is 6.63. The van der Waals surface area contributed by atoms with E-state index in [9.17, 15) is 4.79 Å². The molecule has 1 aliphatic heterocycles. The fourth-order valence-corrected chi connectivity index (χ4v) is 4.57. The van der Waals surface area contributed by atoms with Crippen molar-refractivity contribution in [3.63, 3.8) is 0 Å². The molecule has 0 spiro atoms. The first-order chi connectivity index (χ1) is 19.2. The zero-order valence-corrected chi connectivity index (χ0v) is 22.7. The SMILES string of the molecule is NCCOCCOCCNC(=O)Cc1ccc(Nc2nc(NC3CCCCC3)nc(N3CCOCC3)n2)cc1. The molecule has 1 aromatic heterocycles. The Morgan fingerprint density at radius 3 is 2.41 bits per heavy atom. The average molecular weight is 543 g/mol. The van der Waals surface area contributed by atoms with E-state index < -0.39 is 0 Å². The minimum absolute atomic E-state index is 0.0512. The van der Waals surface area contributed by atoms with Crippen molar-refractivity contribution in [2.45, 2.75) is 44.6 Å². The van der Waals surface area contributed by atoms with Gasteiger partial charge in [0.25, 0.3) is 0 Å². The summed E-state index contributed by atoms with van der Waals surface area (Å²) in [6.45, 7) is 5.72. The summed E-state index contributed by atoms with van der Waals surface area (Å²) in [6, 6.07) is 8.11. The second-order valence-electron chi connectivity index (χ2n) is 9.72. The van der Waals surface area contributed by atoms with Gasteiger partial charge in [-0.25, -0.2) is 0 Å². The Bertz CT molecular complexity index is 998. The van der Waals surface area contributed by atoms with Gasteiger partial charge in [-0.05, 0) is 30.5 Å². The van der Waals surface area contributed by atoms with Crippen LogP contribution in [0.15, 0.2) is 24.3 Å². The molecule has 214 valence electrons. The lowest BCUT2D eigenvalue weighted by molar-refractivity contribution is -0.120. The Balaban J connectivity index is 1.29. The van der Waals surface area contributed by atoms with Crippen molar-refractivity contribution >= 4 is 29.4 Å². The molecular formula is C27H42N8O4. The van der Waals surface area contributed by atoms with Crippen molar-refractivity contribution in [2.24, 2.45) is 5.73 Å². The molecule has 2 fully saturated rings. The van der Waals surface area contributed by atoms with Gasteiger partial charge in [0.05, 0.1) is 46.1 Å². The number of rotatable bonds is 15. The van der Waals surface area contributed by atoms with Crippen LogP contribution in [0.5, 0.6) is 0 Å². The molecule has 5 N–H and O–H groups in total.